The predicted octanol–water partition coefficient (Wildman–Crippen LogP) is 6.24. The van der Waals surface area contributed by atoms with Crippen LogP contribution in [0.4, 0.5) is 11.4 Å². The molecule has 8 nitrogen and oxygen atoms in total. The minimum Gasteiger partial charge on any atom is -0.507 e. The molecule has 0 spiro atoms. The molecule has 0 saturated heterocycles. The molecule has 0 saturated carbocycles. The number of hydrogen-bond donors (Lipinski definition) is 4. The van der Waals surface area contributed by atoms with E-state index in [4.69, 9.17) is 5.11 Å². The third-order valence-corrected chi connectivity index (χ3v) is 5.13. The van der Waals surface area contributed by atoms with Crippen molar-refractivity contribution in [2.75, 3.05) is 0 Å². The molecule has 168 valence electrons. The maximum Gasteiger partial charge on any atom is 0.339 e. The van der Waals surface area contributed by atoms with Gasteiger partial charge in [0.15, 0.2) is 0 Å². The molecule has 0 fully saturated rings. The van der Waals surface area contributed by atoms with Gasteiger partial charge in [0.2, 0.25) is 0 Å². The summed E-state index contributed by atoms with van der Waals surface area (Å²) in [7, 11) is 0. The van der Waals surface area contributed by atoms with E-state index in [9.17, 15) is 24.9 Å². The summed E-state index contributed by atoms with van der Waals surface area (Å²) < 4.78 is 0. The highest BCUT2D eigenvalue weighted by atomic mass is 16.4. The van der Waals surface area contributed by atoms with Gasteiger partial charge in [0.25, 0.3) is 0 Å². The molecule has 0 aromatic heterocycles. The summed E-state index contributed by atoms with van der Waals surface area (Å²) in [6, 6.07) is 22.7. The minimum absolute atomic E-state index is 0.210. The minimum atomic E-state index is -1.24. The van der Waals surface area contributed by atoms with Gasteiger partial charge >= 0.3 is 11.9 Å². The molecule has 0 unspecified atom stereocenters. The summed E-state index contributed by atoms with van der Waals surface area (Å²) in [5, 5.41) is 47.2. The molecular formula is C26H18N2O6. The number of rotatable bonds is 6. The smallest absolute Gasteiger partial charge is 0.339 e. The van der Waals surface area contributed by atoms with Crippen LogP contribution in [0.15, 0.2) is 95.2 Å². The topological polar surface area (TPSA) is 140 Å². The predicted molar refractivity (Wildman–Crippen MR) is 125 cm³/mol. The molecule has 4 aromatic carbocycles. The van der Waals surface area contributed by atoms with E-state index in [1.54, 1.807) is 42.5 Å². The SMILES string of the molecule is O=C(O)c1ccc(-c2ccc(-c3ccc(C(=O)O)c(O)c3)c(N=Nc3ccccc3)c2)cc1O. The van der Waals surface area contributed by atoms with Crippen molar-refractivity contribution < 1.29 is 30.0 Å². The van der Waals surface area contributed by atoms with Gasteiger partial charge in [-0.2, -0.15) is 5.11 Å². The second-order valence-electron chi connectivity index (χ2n) is 7.34. The maximum atomic E-state index is 11.2. The monoisotopic (exact) mass is 454 g/mol. The molecule has 0 atom stereocenters. The van der Waals surface area contributed by atoms with Gasteiger partial charge in [0, 0.05) is 5.56 Å². The lowest BCUT2D eigenvalue weighted by molar-refractivity contribution is 0.0682. The van der Waals surface area contributed by atoms with E-state index < -0.39 is 11.9 Å². The van der Waals surface area contributed by atoms with Gasteiger partial charge in [-0.15, -0.1) is 5.11 Å². The molecule has 4 rings (SSSR count). The van der Waals surface area contributed by atoms with E-state index in [2.05, 4.69) is 10.2 Å². The zero-order valence-electron chi connectivity index (χ0n) is 17.6. The summed E-state index contributed by atoms with van der Waals surface area (Å²) in [4.78, 5) is 22.4. The number of carboxylic acid groups (broad SMARTS) is 2. The Morgan fingerprint density at radius 3 is 1.71 bits per heavy atom. The van der Waals surface area contributed by atoms with Gasteiger partial charge in [-0.05, 0) is 59.2 Å². The van der Waals surface area contributed by atoms with Crippen molar-refractivity contribution in [1.82, 2.24) is 0 Å². The number of carboxylic acids is 2. The molecule has 34 heavy (non-hydrogen) atoms. The van der Waals surface area contributed by atoms with Crippen molar-refractivity contribution in [3.63, 3.8) is 0 Å². The van der Waals surface area contributed by atoms with Crippen molar-refractivity contribution in [1.29, 1.82) is 0 Å². The average molecular weight is 454 g/mol. The maximum absolute atomic E-state index is 11.2. The fourth-order valence-electron chi connectivity index (χ4n) is 3.42. The molecule has 0 heterocycles. The first-order valence-corrected chi connectivity index (χ1v) is 10.1. The summed E-state index contributed by atoms with van der Waals surface area (Å²) >= 11 is 0. The summed E-state index contributed by atoms with van der Waals surface area (Å²) in [5.41, 5.74) is 2.93. The van der Waals surface area contributed by atoms with E-state index in [0.717, 1.165) is 0 Å². The number of aromatic carboxylic acids is 2. The van der Waals surface area contributed by atoms with Gasteiger partial charge < -0.3 is 20.4 Å². The molecule has 8 heteroatoms. The van der Waals surface area contributed by atoms with Crippen LogP contribution in [0.1, 0.15) is 20.7 Å². The highest BCUT2D eigenvalue weighted by molar-refractivity contribution is 5.93. The van der Waals surface area contributed by atoms with E-state index in [1.165, 1.54) is 24.3 Å². The fraction of sp³-hybridized carbons (Fsp3) is 0. The van der Waals surface area contributed by atoms with Gasteiger partial charge in [-0.3, -0.25) is 0 Å². The Bertz CT molecular complexity index is 1430. The second-order valence-corrected chi connectivity index (χ2v) is 7.34. The largest absolute Gasteiger partial charge is 0.507 e. The van der Waals surface area contributed by atoms with Crippen LogP contribution in [0.5, 0.6) is 11.5 Å². The normalized spacial score (nSPS) is 10.9. The summed E-state index contributed by atoms with van der Waals surface area (Å²) in [6.07, 6.45) is 0. The van der Waals surface area contributed by atoms with E-state index in [0.29, 0.717) is 33.6 Å². The van der Waals surface area contributed by atoms with Crippen LogP contribution in [0.25, 0.3) is 22.3 Å². The number of benzene rings is 4. The van der Waals surface area contributed by atoms with E-state index in [1.807, 2.05) is 18.2 Å². The van der Waals surface area contributed by atoms with Crippen molar-refractivity contribution in [2.24, 2.45) is 10.2 Å². The van der Waals surface area contributed by atoms with Crippen LogP contribution in [-0.2, 0) is 0 Å². The van der Waals surface area contributed by atoms with Crippen molar-refractivity contribution >= 4 is 23.3 Å². The highest BCUT2D eigenvalue weighted by Crippen LogP contribution is 2.38. The highest BCUT2D eigenvalue weighted by Gasteiger charge is 2.15. The molecule has 4 N–H and O–H groups in total. The van der Waals surface area contributed by atoms with Crippen molar-refractivity contribution in [3.8, 4) is 33.8 Å². The lowest BCUT2D eigenvalue weighted by Gasteiger charge is -2.11. The first-order valence-electron chi connectivity index (χ1n) is 10.1. The lowest BCUT2D eigenvalue weighted by atomic mass is 9.96. The Morgan fingerprint density at radius 2 is 1.12 bits per heavy atom. The molecule has 0 bridgehead atoms. The van der Waals surface area contributed by atoms with Crippen LogP contribution >= 0.6 is 0 Å². The number of nitrogens with zero attached hydrogens (tertiary/aromatic N) is 2. The number of hydrogen-bond acceptors (Lipinski definition) is 6. The standard InChI is InChI=1S/C26H18N2O6/c29-23-13-16(7-10-20(23)25(31)32)15-6-9-19(17-8-11-21(26(33)34)24(30)14-17)22(12-15)28-27-18-4-2-1-3-5-18/h1-14,29-30H,(H,31,32)(H,33,34). The molecule has 0 aliphatic heterocycles. The zero-order valence-corrected chi connectivity index (χ0v) is 17.6. The van der Waals surface area contributed by atoms with E-state index in [-0.39, 0.29) is 22.6 Å². The number of carbonyl (C=O) groups is 2. The number of phenols is 2. The summed E-state index contributed by atoms with van der Waals surface area (Å²) in [6.45, 7) is 0. The zero-order chi connectivity index (χ0) is 24.2. The average Bonchev–Trinajstić information content (AvgIpc) is 2.82. The van der Waals surface area contributed by atoms with Crippen LogP contribution in [-0.4, -0.2) is 32.4 Å². The van der Waals surface area contributed by atoms with Crippen molar-refractivity contribution in [2.45, 2.75) is 0 Å². The Hall–Kier alpha value is -4.98. The second kappa shape index (κ2) is 9.25. The quantitative estimate of drug-likeness (QED) is 0.254. The van der Waals surface area contributed by atoms with Crippen LogP contribution in [0, 0.1) is 0 Å². The Morgan fingerprint density at radius 1 is 0.588 bits per heavy atom. The fourth-order valence-corrected chi connectivity index (χ4v) is 3.42. The molecule has 0 amide bonds. The third-order valence-electron chi connectivity index (χ3n) is 5.13. The van der Waals surface area contributed by atoms with E-state index >= 15 is 0 Å². The first-order chi connectivity index (χ1) is 16.3. The van der Waals surface area contributed by atoms with Crippen molar-refractivity contribution in [3.05, 3.63) is 96.1 Å². The summed E-state index contributed by atoms with van der Waals surface area (Å²) in [5.74, 6) is -3.22. The molecule has 0 radical (unpaired) electrons. The van der Waals surface area contributed by atoms with Gasteiger partial charge in [-0.25, -0.2) is 9.59 Å². The van der Waals surface area contributed by atoms with Gasteiger partial charge in [0.1, 0.15) is 22.6 Å². The molecule has 0 aliphatic rings. The Labute approximate surface area is 193 Å². The Balaban J connectivity index is 1.83. The van der Waals surface area contributed by atoms with Gasteiger partial charge in [-0.1, -0.05) is 42.5 Å². The number of azo groups is 1. The van der Waals surface area contributed by atoms with Crippen LogP contribution in [0.3, 0.4) is 0 Å². The third kappa shape index (κ3) is 4.61. The number of aromatic hydroxyl groups is 2. The Kier molecular flexibility index (Phi) is 6.05. The molecular weight excluding hydrogens is 436 g/mol. The first kappa shape index (κ1) is 22.2. The molecule has 4 aromatic rings. The lowest BCUT2D eigenvalue weighted by Crippen LogP contribution is -1.97. The molecule has 0 aliphatic carbocycles. The van der Waals surface area contributed by atoms with Crippen LogP contribution in [0.2, 0.25) is 0 Å². The van der Waals surface area contributed by atoms with Gasteiger partial charge in [0.05, 0.1) is 11.4 Å². The van der Waals surface area contributed by atoms with Crippen LogP contribution < -0.4 is 0 Å².